The van der Waals surface area contributed by atoms with Gasteiger partial charge in [0.1, 0.15) is 11.7 Å². The van der Waals surface area contributed by atoms with Gasteiger partial charge in [0, 0.05) is 43.4 Å². The zero-order valence-electron chi connectivity index (χ0n) is 15.4. The Labute approximate surface area is 163 Å². The molecule has 0 radical (unpaired) electrons. The van der Waals surface area contributed by atoms with Gasteiger partial charge in [-0.3, -0.25) is 24.2 Å². The van der Waals surface area contributed by atoms with Crippen LogP contribution < -0.4 is 22.3 Å². The second kappa shape index (κ2) is 8.54. The monoisotopic (exact) mass is 403 g/mol. The van der Waals surface area contributed by atoms with Gasteiger partial charge >= 0.3 is 5.69 Å². The molecule has 154 valence electrons. The molecule has 29 heavy (non-hydrogen) atoms. The van der Waals surface area contributed by atoms with Crippen LogP contribution in [-0.2, 0) is 16.0 Å². The molecule has 2 aromatic rings. The number of hydrogen-bond acceptors (Lipinski definition) is 6. The first kappa shape index (κ1) is 20.0. The standard InChI is InChI=1S/C17H21N7O5/c18-13(25)5-10-2-1-3-24(10)16(28)12(4-9-7-19-8-20-9)21-15(27)11-6-14(26)23-17(29)22-11/h6-8,10,12H,1-5H2,(H2,18,25)(H,19,20)(H,21,27)(H2,22,23,26,29)/t10-,12-/m0/s1. The number of imidazole rings is 1. The van der Waals surface area contributed by atoms with Crippen molar-refractivity contribution in [1.82, 2.24) is 30.2 Å². The second-order valence-corrected chi connectivity index (χ2v) is 6.81. The average Bonchev–Trinajstić information content (AvgIpc) is 3.31. The normalized spacial score (nSPS) is 17.1. The molecule has 0 aromatic carbocycles. The van der Waals surface area contributed by atoms with Gasteiger partial charge in [-0.05, 0) is 12.8 Å². The number of nitrogens with zero attached hydrogens (tertiary/aromatic N) is 2. The molecule has 1 aliphatic heterocycles. The highest BCUT2D eigenvalue weighted by Gasteiger charge is 2.35. The van der Waals surface area contributed by atoms with Crippen molar-refractivity contribution in [2.45, 2.75) is 37.8 Å². The molecule has 2 atom stereocenters. The Morgan fingerprint density at radius 3 is 2.76 bits per heavy atom. The first-order valence-corrected chi connectivity index (χ1v) is 9.04. The smallest absolute Gasteiger partial charge is 0.326 e. The van der Waals surface area contributed by atoms with Crippen LogP contribution in [0.15, 0.2) is 28.2 Å². The van der Waals surface area contributed by atoms with Gasteiger partial charge in [-0.2, -0.15) is 0 Å². The van der Waals surface area contributed by atoms with Gasteiger partial charge in [0.2, 0.25) is 11.8 Å². The molecule has 12 nitrogen and oxygen atoms in total. The summed E-state index contributed by atoms with van der Waals surface area (Å²) in [5.41, 5.74) is 4.04. The third-order valence-electron chi connectivity index (χ3n) is 4.68. The van der Waals surface area contributed by atoms with E-state index in [1.165, 1.54) is 17.4 Å². The lowest BCUT2D eigenvalue weighted by molar-refractivity contribution is -0.134. The Morgan fingerprint density at radius 1 is 1.31 bits per heavy atom. The first-order valence-electron chi connectivity index (χ1n) is 9.04. The highest BCUT2D eigenvalue weighted by molar-refractivity contribution is 5.96. The number of aromatic nitrogens is 4. The number of carbonyl (C=O) groups excluding carboxylic acids is 3. The van der Waals surface area contributed by atoms with Crippen LogP contribution in [0.3, 0.4) is 0 Å². The Morgan fingerprint density at radius 2 is 2.10 bits per heavy atom. The lowest BCUT2D eigenvalue weighted by Crippen LogP contribution is -2.52. The van der Waals surface area contributed by atoms with Crippen LogP contribution in [-0.4, -0.2) is 61.2 Å². The van der Waals surface area contributed by atoms with E-state index in [-0.39, 0.29) is 30.5 Å². The number of primary amides is 1. The van der Waals surface area contributed by atoms with Crippen molar-refractivity contribution >= 4 is 17.7 Å². The maximum Gasteiger partial charge on any atom is 0.326 e. The van der Waals surface area contributed by atoms with Crippen LogP contribution in [0.4, 0.5) is 0 Å². The fraction of sp³-hybridized carbons (Fsp3) is 0.412. The SMILES string of the molecule is NC(=O)C[C@@H]1CCCN1C(=O)[C@H](Cc1cnc[nH]1)NC(=O)c1cc(=O)[nH]c(=O)[nH]1. The summed E-state index contributed by atoms with van der Waals surface area (Å²) in [6, 6.07) is -0.403. The minimum absolute atomic E-state index is 0.0395. The van der Waals surface area contributed by atoms with E-state index in [2.05, 4.69) is 20.3 Å². The molecule has 0 saturated carbocycles. The molecule has 6 N–H and O–H groups in total. The predicted octanol–water partition coefficient (Wildman–Crippen LogP) is -2.01. The number of nitrogens with two attached hydrogens (primary N) is 1. The zero-order chi connectivity index (χ0) is 21.0. The van der Waals surface area contributed by atoms with Crippen LogP contribution in [0, 0.1) is 0 Å². The lowest BCUT2D eigenvalue weighted by Gasteiger charge is -2.28. The molecular weight excluding hydrogens is 382 g/mol. The molecule has 3 amide bonds. The molecule has 1 aliphatic rings. The molecule has 3 rings (SSSR count). The van der Waals surface area contributed by atoms with E-state index in [1.807, 2.05) is 4.98 Å². The number of rotatable bonds is 7. The van der Waals surface area contributed by atoms with Gasteiger partial charge in [-0.1, -0.05) is 0 Å². The van der Waals surface area contributed by atoms with Crippen molar-refractivity contribution in [3.63, 3.8) is 0 Å². The van der Waals surface area contributed by atoms with Gasteiger partial charge in [0.05, 0.1) is 6.33 Å². The van der Waals surface area contributed by atoms with Gasteiger partial charge in [0.25, 0.3) is 11.5 Å². The van der Waals surface area contributed by atoms with E-state index < -0.39 is 29.1 Å². The summed E-state index contributed by atoms with van der Waals surface area (Å²) in [5.74, 6) is -1.68. The maximum atomic E-state index is 13.1. The minimum Gasteiger partial charge on any atom is -0.370 e. The number of likely N-dealkylation sites (tertiary alicyclic amines) is 1. The van der Waals surface area contributed by atoms with Crippen molar-refractivity contribution in [1.29, 1.82) is 0 Å². The van der Waals surface area contributed by atoms with Crippen LogP contribution >= 0.6 is 0 Å². The summed E-state index contributed by atoms with van der Waals surface area (Å²) in [6.07, 6.45) is 4.47. The zero-order valence-corrected chi connectivity index (χ0v) is 15.4. The van der Waals surface area contributed by atoms with E-state index in [9.17, 15) is 24.0 Å². The number of aromatic amines is 3. The predicted molar refractivity (Wildman–Crippen MR) is 99.8 cm³/mol. The van der Waals surface area contributed by atoms with Crippen LogP contribution in [0.5, 0.6) is 0 Å². The van der Waals surface area contributed by atoms with Crippen molar-refractivity contribution < 1.29 is 14.4 Å². The van der Waals surface area contributed by atoms with E-state index >= 15 is 0 Å². The summed E-state index contributed by atoms with van der Waals surface area (Å²) in [6.45, 7) is 0.438. The van der Waals surface area contributed by atoms with Crippen molar-refractivity contribution in [2.75, 3.05) is 6.54 Å². The summed E-state index contributed by atoms with van der Waals surface area (Å²) < 4.78 is 0. The van der Waals surface area contributed by atoms with E-state index in [4.69, 9.17) is 5.73 Å². The lowest BCUT2D eigenvalue weighted by atomic mass is 10.1. The molecular formula is C17H21N7O5. The third-order valence-corrected chi connectivity index (χ3v) is 4.68. The third kappa shape index (κ3) is 4.97. The number of H-pyrrole nitrogens is 3. The van der Waals surface area contributed by atoms with Gasteiger partial charge in [-0.15, -0.1) is 0 Å². The first-order chi connectivity index (χ1) is 13.8. The number of carbonyl (C=O) groups is 3. The number of nitrogens with one attached hydrogen (secondary N) is 4. The fourth-order valence-corrected chi connectivity index (χ4v) is 3.41. The molecule has 0 bridgehead atoms. The topological polar surface area (TPSA) is 187 Å². The second-order valence-electron chi connectivity index (χ2n) is 6.81. The molecule has 3 heterocycles. The van der Waals surface area contributed by atoms with Crippen LogP contribution in [0.1, 0.15) is 35.4 Å². The van der Waals surface area contributed by atoms with E-state index in [1.54, 1.807) is 0 Å². The Bertz CT molecular complexity index is 981. The molecule has 1 saturated heterocycles. The molecule has 2 aromatic heterocycles. The van der Waals surface area contributed by atoms with Crippen molar-refractivity contribution in [3.05, 3.63) is 50.8 Å². The maximum absolute atomic E-state index is 13.1. The van der Waals surface area contributed by atoms with Crippen LogP contribution in [0.25, 0.3) is 0 Å². The minimum atomic E-state index is -1.00. The molecule has 0 unspecified atom stereocenters. The summed E-state index contributed by atoms with van der Waals surface area (Å²) in [5, 5.41) is 2.56. The van der Waals surface area contributed by atoms with E-state index in [0.29, 0.717) is 18.7 Å². The summed E-state index contributed by atoms with van der Waals surface area (Å²) >= 11 is 0. The van der Waals surface area contributed by atoms with Crippen LogP contribution in [0.2, 0.25) is 0 Å². The van der Waals surface area contributed by atoms with Gasteiger partial charge < -0.3 is 25.9 Å². The Balaban J connectivity index is 1.83. The summed E-state index contributed by atoms with van der Waals surface area (Å²) in [7, 11) is 0. The van der Waals surface area contributed by atoms with Crippen molar-refractivity contribution in [2.24, 2.45) is 5.73 Å². The largest absolute Gasteiger partial charge is 0.370 e. The molecule has 0 aliphatic carbocycles. The Kier molecular flexibility index (Phi) is 5.90. The number of amides is 3. The van der Waals surface area contributed by atoms with Gasteiger partial charge in [-0.25, -0.2) is 9.78 Å². The highest BCUT2D eigenvalue weighted by atomic mass is 16.2. The summed E-state index contributed by atoms with van der Waals surface area (Å²) in [4.78, 5) is 72.4. The molecule has 12 heteroatoms. The number of hydrogen-bond donors (Lipinski definition) is 5. The van der Waals surface area contributed by atoms with E-state index in [0.717, 1.165) is 12.5 Å². The van der Waals surface area contributed by atoms with Crippen molar-refractivity contribution in [3.8, 4) is 0 Å². The highest BCUT2D eigenvalue weighted by Crippen LogP contribution is 2.21. The fourth-order valence-electron chi connectivity index (χ4n) is 3.41. The van der Waals surface area contributed by atoms with Gasteiger partial charge in [0.15, 0.2) is 0 Å². The Hall–Kier alpha value is -3.70. The molecule has 1 fully saturated rings. The quantitative estimate of drug-likeness (QED) is 0.355. The average molecular weight is 403 g/mol. The molecule has 0 spiro atoms.